The van der Waals surface area contributed by atoms with E-state index in [-0.39, 0.29) is 5.54 Å². The lowest BCUT2D eigenvalue weighted by Gasteiger charge is -2.37. The third-order valence-corrected chi connectivity index (χ3v) is 3.87. The van der Waals surface area contributed by atoms with Crippen LogP contribution in [0.15, 0.2) is 0 Å². The van der Waals surface area contributed by atoms with Gasteiger partial charge in [-0.3, -0.25) is 0 Å². The van der Waals surface area contributed by atoms with E-state index < -0.39 is 0 Å². The highest BCUT2D eigenvalue weighted by molar-refractivity contribution is 4.89. The molecule has 2 N–H and O–H groups in total. The van der Waals surface area contributed by atoms with Crippen molar-refractivity contribution in [3.63, 3.8) is 0 Å². The first-order chi connectivity index (χ1) is 7.20. The first kappa shape index (κ1) is 13.0. The summed E-state index contributed by atoms with van der Waals surface area (Å²) in [5.74, 6) is 0.948. The molecule has 0 aromatic carbocycles. The van der Waals surface area contributed by atoms with Crippen LogP contribution in [0.3, 0.4) is 0 Å². The van der Waals surface area contributed by atoms with E-state index in [0.717, 1.165) is 18.9 Å². The summed E-state index contributed by atoms with van der Waals surface area (Å²) < 4.78 is 5.12. The molecule has 0 radical (unpaired) electrons. The molecule has 1 fully saturated rings. The zero-order valence-electron chi connectivity index (χ0n) is 10.4. The third-order valence-electron chi connectivity index (χ3n) is 3.87. The molecule has 0 saturated heterocycles. The molecule has 0 aliphatic heterocycles. The predicted molar refractivity (Wildman–Crippen MR) is 64.9 cm³/mol. The molecule has 0 aromatic rings. The summed E-state index contributed by atoms with van der Waals surface area (Å²) in [6.45, 7) is 3.09. The molecular formula is C13H27NO. The van der Waals surface area contributed by atoms with Gasteiger partial charge in [-0.25, -0.2) is 0 Å². The summed E-state index contributed by atoms with van der Waals surface area (Å²) in [4.78, 5) is 0. The minimum Gasteiger partial charge on any atom is -0.385 e. The molecular weight excluding hydrogens is 186 g/mol. The molecule has 0 unspecified atom stereocenters. The topological polar surface area (TPSA) is 35.2 Å². The number of rotatable bonds is 6. The summed E-state index contributed by atoms with van der Waals surface area (Å²) in [5, 5.41) is 0. The molecule has 90 valence electrons. The second-order valence-corrected chi connectivity index (χ2v) is 5.19. The Balaban J connectivity index is 2.21. The Morgan fingerprint density at radius 1 is 1.33 bits per heavy atom. The highest BCUT2D eigenvalue weighted by Crippen LogP contribution is 2.34. The Labute approximate surface area is 94.6 Å². The molecule has 0 amide bonds. The molecule has 0 spiro atoms. The molecule has 0 atom stereocenters. The van der Waals surface area contributed by atoms with Gasteiger partial charge in [-0.15, -0.1) is 0 Å². The molecule has 1 aliphatic carbocycles. The largest absolute Gasteiger partial charge is 0.385 e. The van der Waals surface area contributed by atoms with Gasteiger partial charge in [0.05, 0.1) is 0 Å². The van der Waals surface area contributed by atoms with Gasteiger partial charge in [0.2, 0.25) is 0 Å². The summed E-state index contributed by atoms with van der Waals surface area (Å²) in [5.41, 5.74) is 6.44. The van der Waals surface area contributed by atoms with Crippen molar-refractivity contribution in [1.82, 2.24) is 0 Å². The van der Waals surface area contributed by atoms with Crippen LogP contribution in [-0.2, 0) is 4.74 Å². The predicted octanol–water partition coefficient (Wildman–Crippen LogP) is 3.10. The second kappa shape index (κ2) is 6.49. The Morgan fingerprint density at radius 2 is 2.00 bits per heavy atom. The van der Waals surface area contributed by atoms with Crippen LogP contribution in [0.25, 0.3) is 0 Å². The van der Waals surface area contributed by atoms with Crippen molar-refractivity contribution in [2.75, 3.05) is 13.7 Å². The van der Waals surface area contributed by atoms with Crippen molar-refractivity contribution in [2.45, 2.75) is 63.8 Å². The summed E-state index contributed by atoms with van der Waals surface area (Å²) in [6.07, 6.45) is 10.2. The van der Waals surface area contributed by atoms with Crippen molar-refractivity contribution in [2.24, 2.45) is 11.7 Å². The SMILES string of the molecule is CCCCC1CCC(N)(CCOC)CC1. The lowest BCUT2D eigenvalue weighted by Crippen LogP contribution is -2.44. The van der Waals surface area contributed by atoms with Gasteiger partial charge in [0.25, 0.3) is 0 Å². The fourth-order valence-corrected chi connectivity index (χ4v) is 2.59. The van der Waals surface area contributed by atoms with Crippen molar-refractivity contribution >= 4 is 0 Å². The van der Waals surface area contributed by atoms with E-state index in [4.69, 9.17) is 10.5 Å². The molecule has 2 heteroatoms. The Hall–Kier alpha value is -0.0800. The van der Waals surface area contributed by atoms with Crippen molar-refractivity contribution in [3.8, 4) is 0 Å². The Bertz CT molecular complexity index is 162. The van der Waals surface area contributed by atoms with Gasteiger partial charge in [0, 0.05) is 19.3 Å². The molecule has 0 heterocycles. The molecule has 1 aliphatic rings. The average molecular weight is 213 g/mol. The highest BCUT2D eigenvalue weighted by Gasteiger charge is 2.30. The Kier molecular flexibility index (Phi) is 5.62. The number of ether oxygens (including phenoxy) is 1. The quantitative estimate of drug-likeness (QED) is 0.736. The van der Waals surface area contributed by atoms with E-state index in [2.05, 4.69) is 6.92 Å². The fraction of sp³-hybridized carbons (Fsp3) is 1.00. The zero-order chi connectivity index (χ0) is 11.1. The molecule has 1 saturated carbocycles. The number of methoxy groups -OCH3 is 1. The number of nitrogens with two attached hydrogens (primary N) is 1. The van der Waals surface area contributed by atoms with Gasteiger partial charge in [0.1, 0.15) is 0 Å². The van der Waals surface area contributed by atoms with Gasteiger partial charge in [-0.05, 0) is 38.0 Å². The van der Waals surface area contributed by atoms with E-state index in [1.807, 2.05) is 0 Å². The standard InChI is InChI=1S/C13H27NO/c1-3-4-5-12-6-8-13(14,9-7-12)10-11-15-2/h12H,3-11,14H2,1-2H3. The van der Waals surface area contributed by atoms with Gasteiger partial charge in [0.15, 0.2) is 0 Å². The molecule has 2 nitrogen and oxygen atoms in total. The second-order valence-electron chi connectivity index (χ2n) is 5.19. The van der Waals surface area contributed by atoms with E-state index in [0.29, 0.717) is 0 Å². The van der Waals surface area contributed by atoms with Crippen molar-refractivity contribution < 1.29 is 4.74 Å². The van der Waals surface area contributed by atoms with E-state index in [9.17, 15) is 0 Å². The average Bonchev–Trinajstić information content (AvgIpc) is 2.26. The van der Waals surface area contributed by atoms with Gasteiger partial charge in [-0.2, -0.15) is 0 Å². The highest BCUT2D eigenvalue weighted by atomic mass is 16.5. The van der Waals surface area contributed by atoms with Gasteiger partial charge >= 0.3 is 0 Å². The monoisotopic (exact) mass is 213 g/mol. The van der Waals surface area contributed by atoms with Crippen LogP contribution in [0.2, 0.25) is 0 Å². The van der Waals surface area contributed by atoms with Gasteiger partial charge in [-0.1, -0.05) is 26.2 Å². The maximum absolute atomic E-state index is 6.36. The smallest absolute Gasteiger partial charge is 0.0479 e. The van der Waals surface area contributed by atoms with Crippen LogP contribution >= 0.6 is 0 Å². The summed E-state index contributed by atoms with van der Waals surface area (Å²) in [7, 11) is 1.76. The maximum atomic E-state index is 6.36. The zero-order valence-corrected chi connectivity index (χ0v) is 10.4. The van der Waals surface area contributed by atoms with E-state index >= 15 is 0 Å². The maximum Gasteiger partial charge on any atom is 0.0479 e. The Morgan fingerprint density at radius 3 is 2.53 bits per heavy atom. The van der Waals surface area contributed by atoms with Crippen LogP contribution in [0, 0.1) is 5.92 Å². The lowest BCUT2D eigenvalue weighted by atomic mass is 9.74. The summed E-state index contributed by atoms with van der Waals surface area (Å²) >= 11 is 0. The van der Waals surface area contributed by atoms with Crippen molar-refractivity contribution in [3.05, 3.63) is 0 Å². The minimum atomic E-state index is 0.0821. The number of hydrogen-bond acceptors (Lipinski definition) is 2. The van der Waals surface area contributed by atoms with Crippen LogP contribution in [0.5, 0.6) is 0 Å². The van der Waals surface area contributed by atoms with Gasteiger partial charge < -0.3 is 10.5 Å². The number of hydrogen-bond donors (Lipinski definition) is 1. The summed E-state index contributed by atoms with van der Waals surface area (Å²) in [6, 6.07) is 0. The third kappa shape index (κ3) is 4.52. The molecule has 15 heavy (non-hydrogen) atoms. The molecule has 1 rings (SSSR count). The van der Waals surface area contributed by atoms with Crippen LogP contribution in [-0.4, -0.2) is 19.3 Å². The first-order valence-electron chi connectivity index (χ1n) is 6.48. The van der Waals surface area contributed by atoms with Crippen LogP contribution in [0.1, 0.15) is 58.3 Å². The van der Waals surface area contributed by atoms with Crippen LogP contribution < -0.4 is 5.73 Å². The lowest BCUT2D eigenvalue weighted by molar-refractivity contribution is 0.137. The molecule has 0 aromatic heterocycles. The minimum absolute atomic E-state index is 0.0821. The molecule has 0 bridgehead atoms. The normalized spacial score (nSPS) is 31.8. The number of unbranched alkanes of at least 4 members (excludes halogenated alkanes) is 1. The van der Waals surface area contributed by atoms with Crippen molar-refractivity contribution in [1.29, 1.82) is 0 Å². The fourth-order valence-electron chi connectivity index (χ4n) is 2.59. The van der Waals surface area contributed by atoms with Crippen LogP contribution in [0.4, 0.5) is 0 Å². The van der Waals surface area contributed by atoms with E-state index in [1.54, 1.807) is 7.11 Å². The van der Waals surface area contributed by atoms with E-state index in [1.165, 1.54) is 44.9 Å². The first-order valence-corrected chi connectivity index (χ1v) is 6.48.